The number of sulfonamides is 1. The Morgan fingerprint density at radius 2 is 1.88 bits per heavy atom. The maximum absolute atomic E-state index is 11.9. The minimum atomic E-state index is -3.56. The topological polar surface area (TPSA) is 63.2 Å². The van der Waals surface area contributed by atoms with Crippen LogP contribution in [-0.4, -0.2) is 20.2 Å². The molecule has 0 bridgehead atoms. The minimum Gasteiger partial charge on any atom is -0.298 e. The van der Waals surface area contributed by atoms with Gasteiger partial charge in [0.25, 0.3) is 0 Å². The fourth-order valence-electron chi connectivity index (χ4n) is 1.22. The molecule has 0 aliphatic carbocycles. The smallest absolute Gasteiger partial charge is 0.241 e. The molecular weight excluding hydrogens is 226 g/mol. The van der Waals surface area contributed by atoms with Crippen LogP contribution in [0.4, 0.5) is 0 Å². The molecule has 88 valence electrons. The molecule has 1 aromatic rings. The molecule has 0 heterocycles. The second kappa shape index (κ2) is 4.35. The van der Waals surface area contributed by atoms with Gasteiger partial charge in [-0.05, 0) is 32.9 Å². The molecule has 4 nitrogen and oxygen atoms in total. The summed E-state index contributed by atoms with van der Waals surface area (Å²) in [5, 5.41) is 0. The van der Waals surface area contributed by atoms with E-state index in [-0.39, 0.29) is 4.90 Å². The number of nitrogens with one attached hydrogen (secondary N) is 1. The number of benzene rings is 1. The van der Waals surface area contributed by atoms with Crippen molar-refractivity contribution in [3.05, 3.63) is 29.8 Å². The average molecular weight is 241 g/mol. The summed E-state index contributed by atoms with van der Waals surface area (Å²) in [7, 11) is -3.56. The molecule has 1 rings (SSSR count). The fourth-order valence-corrected chi connectivity index (χ4v) is 2.69. The molecule has 1 N–H and O–H groups in total. The molecule has 0 fully saturated rings. The Bertz CT molecular complexity index is 486. The van der Waals surface area contributed by atoms with E-state index in [1.54, 1.807) is 32.9 Å². The summed E-state index contributed by atoms with van der Waals surface area (Å²) in [5.74, 6) is 0. The van der Waals surface area contributed by atoms with Crippen LogP contribution < -0.4 is 4.72 Å². The molecule has 0 saturated carbocycles. The van der Waals surface area contributed by atoms with Crippen molar-refractivity contribution in [2.75, 3.05) is 0 Å². The third-order valence-corrected chi connectivity index (χ3v) is 3.50. The third-order valence-electron chi connectivity index (χ3n) is 1.75. The van der Waals surface area contributed by atoms with Gasteiger partial charge in [0.1, 0.15) is 6.29 Å². The molecule has 0 aliphatic rings. The van der Waals surface area contributed by atoms with Crippen LogP contribution in [0.3, 0.4) is 0 Å². The molecule has 0 aromatic heterocycles. The van der Waals surface area contributed by atoms with Gasteiger partial charge >= 0.3 is 0 Å². The van der Waals surface area contributed by atoms with Crippen LogP contribution in [0.2, 0.25) is 0 Å². The van der Waals surface area contributed by atoms with Gasteiger partial charge in [-0.1, -0.05) is 12.1 Å². The molecular formula is C11H15NO3S. The number of carbonyl (C=O) groups is 1. The van der Waals surface area contributed by atoms with E-state index in [2.05, 4.69) is 4.72 Å². The maximum Gasteiger partial charge on any atom is 0.241 e. The molecule has 0 radical (unpaired) electrons. The highest BCUT2D eigenvalue weighted by Crippen LogP contribution is 2.13. The molecule has 0 aliphatic heterocycles. The first-order valence-electron chi connectivity index (χ1n) is 4.84. The maximum atomic E-state index is 11.9. The zero-order valence-corrected chi connectivity index (χ0v) is 10.3. The predicted octanol–water partition coefficient (Wildman–Crippen LogP) is 1.58. The van der Waals surface area contributed by atoms with E-state index in [4.69, 9.17) is 0 Å². The van der Waals surface area contributed by atoms with Gasteiger partial charge in [-0.15, -0.1) is 0 Å². The molecule has 0 spiro atoms. The Kier molecular flexibility index (Phi) is 3.50. The van der Waals surface area contributed by atoms with E-state index in [0.29, 0.717) is 11.8 Å². The normalized spacial score (nSPS) is 12.4. The van der Waals surface area contributed by atoms with Crippen LogP contribution in [0.15, 0.2) is 29.2 Å². The highest BCUT2D eigenvalue weighted by molar-refractivity contribution is 7.89. The Balaban J connectivity index is 3.12. The molecule has 0 unspecified atom stereocenters. The summed E-state index contributed by atoms with van der Waals surface area (Å²) in [4.78, 5) is 10.7. The first-order chi connectivity index (χ1) is 7.24. The van der Waals surface area contributed by atoms with Crippen LogP contribution >= 0.6 is 0 Å². The largest absolute Gasteiger partial charge is 0.298 e. The highest BCUT2D eigenvalue weighted by Gasteiger charge is 2.21. The van der Waals surface area contributed by atoms with Crippen molar-refractivity contribution < 1.29 is 13.2 Å². The van der Waals surface area contributed by atoms with Crippen LogP contribution in [0, 0.1) is 0 Å². The standard InChI is InChI=1S/C11H15NO3S/c1-11(2,3)12-16(14,15)10-6-4-5-9(7-10)8-13/h4-8,12H,1-3H3. The van der Waals surface area contributed by atoms with E-state index in [9.17, 15) is 13.2 Å². The van der Waals surface area contributed by atoms with Gasteiger partial charge in [0.15, 0.2) is 0 Å². The summed E-state index contributed by atoms with van der Waals surface area (Å²) in [6, 6.07) is 5.91. The summed E-state index contributed by atoms with van der Waals surface area (Å²) < 4.78 is 26.3. The Labute approximate surface area is 95.7 Å². The first-order valence-corrected chi connectivity index (χ1v) is 6.32. The zero-order chi connectivity index (χ0) is 12.4. The minimum absolute atomic E-state index is 0.104. The average Bonchev–Trinajstić information content (AvgIpc) is 2.14. The van der Waals surface area contributed by atoms with Crippen LogP contribution in [0.5, 0.6) is 0 Å². The predicted molar refractivity (Wildman–Crippen MR) is 61.9 cm³/mol. The van der Waals surface area contributed by atoms with Gasteiger partial charge in [0.05, 0.1) is 4.90 Å². The van der Waals surface area contributed by atoms with Gasteiger partial charge in [-0.2, -0.15) is 0 Å². The van der Waals surface area contributed by atoms with E-state index >= 15 is 0 Å². The number of carbonyl (C=O) groups excluding carboxylic acids is 1. The first kappa shape index (κ1) is 12.9. The van der Waals surface area contributed by atoms with Crippen LogP contribution in [0.1, 0.15) is 31.1 Å². The summed E-state index contributed by atoms with van der Waals surface area (Å²) in [5.41, 5.74) is -0.201. The van der Waals surface area contributed by atoms with E-state index in [1.807, 2.05) is 0 Å². The number of hydrogen-bond donors (Lipinski definition) is 1. The lowest BCUT2D eigenvalue weighted by molar-refractivity contribution is 0.112. The van der Waals surface area contributed by atoms with Crippen molar-refractivity contribution in [1.29, 1.82) is 0 Å². The Morgan fingerprint density at radius 1 is 1.25 bits per heavy atom. The zero-order valence-electron chi connectivity index (χ0n) is 9.52. The van der Waals surface area contributed by atoms with Crippen molar-refractivity contribution in [2.24, 2.45) is 0 Å². The van der Waals surface area contributed by atoms with Crippen molar-refractivity contribution >= 4 is 16.3 Å². The Morgan fingerprint density at radius 3 is 2.38 bits per heavy atom. The second-order valence-corrected chi connectivity index (χ2v) is 6.23. The number of aldehydes is 1. The SMILES string of the molecule is CC(C)(C)NS(=O)(=O)c1cccc(C=O)c1. The quantitative estimate of drug-likeness (QED) is 0.817. The van der Waals surface area contributed by atoms with Gasteiger partial charge in [0.2, 0.25) is 10.0 Å². The van der Waals surface area contributed by atoms with Crippen molar-refractivity contribution in [2.45, 2.75) is 31.2 Å². The van der Waals surface area contributed by atoms with Gasteiger partial charge in [-0.25, -0.2) is 13.1 Å². The molecule has 5 heteroatoms. The lowest BCUT2D eigenvalue weighted by Crippen LogP contribution is -2.40. The number of hydrogen-bond acceptors (Lipinski definition) is 3. The van der Waals surface area contributed by atoms with Gasteiger partial charge in [0, 0.05) is 11.1 Å². The highest BCUT2D eigenvalue weighted by atomic mass is 32.2. The molecule has 0 atom stereocenters. The molecule has 0 saturated heterocycles. The summed E-state index contributed by atoms with van der Waals surface area (Å²) in [6.45, 7) is 5.27. The lowest BCUT2D eigenvalue weighted by atomic mass is 10.1. The number of rotatable bonds is 3. The van der Waals surface area contributed by atoms with Crippen molar-refractivity contribution in [3.8, 4) is 0 Å². The van der Waals surface area contributed by atoms with E-state index < -0.39 is 15.6 Å². The monoisotopic (exact) mass is 241 g/mol. The molecule has 1 aromatic carbocycles. The van der Waals surface area contributed by atoms with E-state index in [0.717, 1.165) is 0 Å². The fraction of sp³-hybridized carbons (Fsp3) is 0.364. The Hall–Kier alpha value is -1.20. The second-order valence-electron chi connectivity index (χ2n) is 4.55. The van der Waals surface area contributed by atoms with Gasteiger partial charge in [-0.3, -0.25) is 4.79 Å². The molecule has 0 amide bonds. The summed E-state index contributed by atoms with van der Waals surface area (Å²) >= 11 is 0. The lowest BCUT2D eigenvalue weighted by Gasteiger charge is -2.20. The van der Waals surface area contributed by atoms with E-state index in [1.165, 1.54) is 12.1 Å². The van der Waals surface area contributed by atoms with Crippen LogP contribution in [0.25, 0.3) is 0 Å². The van der Waals surface area contributed by atoms with Gasteiger partial charge < -0.3 is 0 Å². The summed E-state index contributed by atoms with van der Waals surface area (Å²) in [6.07, 6.45) is 0.621. The molecule has 16 heavy (non-hydrogen) atoms. The van der Waals surface area contributed by atoms with Crippen LogP contribution in [-0.2, 0) is 10.0 Å². The van der Waals surface area contributed by atoms with Crippen molar-refractivity contribution in [1.82, 2.24) is 4.72 Å². The third kappa shape index (κ3) is 3.43. The van der Waals surface area contributed by atoms with Crippen molar-refractivity contribution in [3.63, 3.8) is 0 Å².